The van der Waals surface area contributed by atoms with Gasteiger partial charge in [-0.25, -0.2) is 12.7 Å². The molecule has 132 valence electrons. The van der Waals surface area contributed by atoms with E-state index in [4.69, 9.17) is 5.73 Å². The van der Waals surface area contributed by atoms with E-state index in [1.54, 1.807) is 0 Å². The topological polar surface area (TPSA) is 87.8 Å². The summed E-state index contributed by atoms with van der Waals surface area (Å²) >= 11 is 0. The monoisotopic (exact) mass is 334 g/mol. The molecule has 1 unspecified atom stereocenters. The highest BCUT2D eigenvalue weighted by Gasteiger charge is 2.17. The molecule has 6 nitrogen and oxygen atoms in total. The van der Waals surface area contributed by atoms with Crippen LogP contribution in [0.25, 0.3) is 0 Å². The maximum Gasteiger partial charge on any atom is 0.215 e. The smallest absolute Gasteiger partial charge is 0.215 e. The zero-order valence-electron chi connectivity index (χ0n) is 14.8. The van der Waals surface area contributed by atoms with Crippen molar-refractivity contribution >= 4 is 16.0 Å². The van der Waals surface area contributed by atoms with Crippen LogP contribution in [0.2, 0.25) is 0 Å². The van der Waals surface area contributed by atoms with Crippen LogP contribution in [0, 0.1) is 5.92 Å². The molecule has 22 heavy (non-hydrogen) atoms. The molecule has 0 aromatic carbocycles. The summed E-state index contributed by atoms with van der Waals surface area (Å²) < 4.78 is 25.4. The Labute approximate surface area is 136 Å². The zero-order chi connectivity index (χ0) is 17.2. The molecule has 7 heteroatoms. The molecule has 1 atom stereocenters. The van der Waals surface area contributed by atoms with Crippen LogP contribution >= 0.6 is 0 Å². The maximum absolute atomic E-state index is 12.0. The fourth-order valence-electron chi connectivity index (χ4n) is 2.23. The van der Waals surface area contributed by atoms with E-state index in [9.17, 15) is 8.42 Å². The van der Waals surface area contributed by atoms with Gasteiger partial charge in [-0.2, -0.15) is 0 Å². The van der Waals surface area contributed by atoms with Crippen LogP contribution in [0.15, 0.2) is 4.99 Å². The van der Waals surface area contributed by atoms with E-state index >= 15 is 0 Å². The number of hydrogen-bond donors (Lipinski definition) is 2. The van der Waals surface area contributed by atoms with Gasteiger partial charge in [0.05, 0.1) is 12.3 Å². The lowest BCUT2D eigenvalue weighted by Crippen LogP contribution is -2.39. The maximum atomic E-state index is 12.0. The number of aliphatic imine (C=N–C) groups is 1. The van der Waals surface area contributed by atoms with Crippen LogP contribution in [-0.4, -0.2) is 50.1 Å². The van der Waals surface area contributed by atoms with Crippen LogP contribution in [0.5, 0.6) is 0 Å². The van der Waals surface area contributed by atoms with Gasteiger partial charge in [-0.15, -0.1) is 0 Å². The first-order valence-corrected chi connectivity index (χ1v) is 9.88. The molecule has 0 fully saturated rings. The Morgan fingerprint density at radius 1 is 1.18 bits per heavy atom. The van der Waals surface area contributed by atoms with Gasteiger partial charge in [-0.05, 0) is 19.3 Å². The summed E-state index contributed by atoms with van der Waals surface area (Å²) in [6.45, 7) is 11.3. The summed E-state index contributed by atoms with van der Waals surface area (Å²) in [5.41, 5.74) is 5.81. The minimum atomic E-state index is -3.23. The van der Waals surface area contributed by atoms with E-state index in [2.05, 4.69) is 31.1 Å². The number of sulfonamides is 1. The highest BCUT2D eigenvalue weighted by atomic mass is 32.2. The Morgan fingerprint density at radius 3 is 2.27 bits per heavy atom. The van der Waals surface area contributed by atoms with Gasteiger partial charge in [0.1, 0.15) is 0 Å². The Hall–Kier alpha value is -0.820. The van der Waals surface area contributed by atoms with Crippen molar-refractivity contribution in [3.63, 3.8) is 0 Å². The standard InChI is InChI=1S/C15H34N4O2S/c1-6-19(7-2)22(20,21)12-11-17-15(16)18-14(5)10-8-9-13(3)4/h13-14H,6-12H2,1-5H3,(H3,16,17,18). The molecule has 0 rings (SSSR count). The van der Waals surface area contributed by atoms with Crippen LogP contribution in [-0.2, 0) is 10.0 Å². The number of nitrogens with one attached hydrogen (secondary N) is 1. The van der Waals surface area contributed by atoms with E-state index in [0.29, 0.717) is 25.0 Å². The molecule has 0 saturated heterocycles. The molecule has 0 aromatic heterocycles. The Balaban J connectivity index is 4.17. The molecule has 0 heterocycles. The first-order valence-electron chi connectivity index (χ1n) is 8.27. The van der Waals surface area contributed by atoms with E-state index < -0.39 is 10.0 Å². The predicted octanol–water partition coefficient (Wildman–Crippen LogP) is 1.78. The third kappa shape index (κ3) is 9.25. The minimum Gasteiger partial charge on any atom is -0.370 e. The Morgan fingerprint density at radius 2 is 1.77 bits per heavy atom. The average Bonchev–Trinajstić information content (AvgIpc) is 2.38. The van der Waals surface area contributed by atoms with Gasteiger partial charge in [0.25, 0.3) is 0 Å². The predicted molar refractivity (Wildman–Crippen MR) is 94.5 cm³/mol. The SMILES string of the molecule is CCN(CC)S(=O)(=O)CCN=C(N)NC(C)CCCC(C)C. The molecular formula is C15H34N4O2S. The number of rotatable bonds is 11. The molecule has 0 bridgehead atoms. The van der Waals surface area contributed by atoms with Gasteiger partial charge < -0.3 is 11.1 Å². The molecular weight excluding hydrogens is 300 g/mol. The lowest BCUT2D eigenvalue weighted by Gasteiger charge is -2.18. The highest BCUT2D eigenvalue weighted by Crippen LogP contribution is 2.08. The fraction of sp³-hybridized carbons (Fsp3) is 0.933. The highest BCUT2D eigenvalue weighted by molar-refractivity contribution is 7.89. The van der Waals surface area contributed by atoms with Crippen molar-refractivity contribution < 1.29 is 8.42 Å². The van der Waals surface area contributed by atoms with Gasteiger partial charge in [0, 0.05) is 19.1 Å². The van der Waals surface area contributed by atoms with Crippen molar-refractivity contribution in [2.45, 2.75) is 59.9 Å². The lowest BCUT2D eigenvalue weighted by molar-refractivity contribution is 0.445. The second-order valence-electron chi connectivity index (χ2n) is 6.04. The average molecular weight is 335 g/mol. The normalized spacial score (nSPS) is 14.6. The van der Waals surface area contributed by atoms with Crippen LogP contribution in [0.1, 0.15) is 53.9 Å². The Kier molecular flexibility index (Phi) is 10.4. The van der Waals surface area contributed by atoms with Crippen molar-refractivity contribution in [1.29, 1.82) is 0 Å². The van der Waals surface area contributed by atoms with Gasteiger partial charge >= 0.3 is 0 Å². The van der Waals surface area contributed by atoms with Crippen molar-refractivity contribution in [3.8, 4) is 0 Å². The second kappa shape index (κ2) is 10.8. The molecule has 3 N–H and O–H groups in total. The van der Waals surface area contributed by atoms with Crippen molar-refractivity contribution in [2.24, 2.45) is 16.6 Å². The second-order valence-corrected chi connectivity index (χ2v) is 8.13. The molecule has 0 spiro atoms. The van der Waals surface area contributed by atoms with Gasteiger partial charge in [-0.3, -0.25) is 4.99 Å². The van der Waals surface area contributed by atoms with Gasteiger partial charge in [-0.1, -0.05) is 40.5 Å². The summed E-state index contributed by atoms with van der Waals surface area (Å²) in [6.07, 6.45) is 3.38. The number of hydrogen-bond acceptors (Lipinski definition) is 3. The molecule has 0 saturated carbocycles. The molecule has 0 aliphatic carbocycles. The lowest BCUT2D eigenvalue weighted by atomic mass is 10.0. The van der Waals surface area contributed by atoms with Gasteiger partial charge in [0.2, 0.25) is 10.0 Å². The number of nitrogens with two attached hydrogens (primary N) is 1. The van der Waals surface area contributed by atoms with Crippen LogP contribution in [0.3, 0.4) is 0 Å². The van der Waals surface area contributed by atoms with Crippen molar-refractivity contribution in [2.75, 3.05) is 25.4 Å². The van der Waals surface area contributed by atoms with Crippen molar-refractivity contribution in [1.82, 2.24) is 9.62 Å². The summed E-state index contributed by atoms with van der Waals surface area (Å²) in [6, 6.07) is 0.252. The quantitative estimate of drug-likeness (QED) is 0.445. The molecule has 0 radical (unpaired) electrons. The Bertz CT molecular complexity index is 417. The summed E-state index contributed by atoms with van der Waals surface area (Å²) in [5, 5.41) is 3.12. The minimum absolute atomic E-state index is 0.00120. The summed E-state index contributed by atoms with van der Waals surface area (Å²) in [5.74, 6) is 1.04. The summed E-state index contributed by atoms with van der Waals surface area (Å²) in [4.78, 5) is 4.12. The first kappa shape index (κ1) is 21.2. The van der Waals surface area contributed by atoms with E-state index in [-0.39, 0.29) is 18.3 Å². The molecule has 0 aliphatic heterocycles. The fourth-order valence-corrected chi connectivity index (χ4v) is 3.60. The number of nitrogens with zero attached hydrogens (tertiary/aromatic N) is 2. The van der Waals surface area contributed by atoms with E-state index in [1.165, 1.54) is 10.7 Å². The van der Waals surface area contributed by atoms with Crippen LogP contribution in [0.4, 0.5) is 0 Å². The molecule has 0 aromatic rings. The zero-order valence-corrected chi connectivity index (χ0v) is 15.6. The van der Waals surface area contributed by atoms with Gasteiger partial charge in [0.15, 0.2) is 5.96 Å². The number of guanidine groups is 1. The largest absolute Gasteiger partial charge is 0.370 e. The molecule has 0 amide bonds. The third-order valence-electron chi connectivity index (χ3n) is 3.54. The van der Waals surface area contributed by atoms with E-state index in [0.717, 1.165) is 12.8 Å². The first-order chi connectivity index (χ1) is 10.2. The van der Waals surface area contributed by atoms with Crippen molar-refractivity contribution in [3.05, 3.63) is 0 Å². The van der Waals surface area contributed by atoms with Crippen LogP contribution < -0.4 is 11.1 Å². The summed E-state index contributed by atoms with van der Waals surface area (Å²) in [7, 11) is -3.23. The molecule has 0 aliphatic rings. The third-order valence-corrected chi connectivity index (χ3v) is 5.54. The van der Waals surface area contributed by atoms with E-state index in [1.807, 2.05) is 13.8 Å².